The van der Waals surface area contributed by atoms with Gasteiger partial charge < -0.3 is 10.0 Å². The third-order valence-corrected chi connectivity index (χ3v) is 3.84. The summed E-state index contributed by atoms with van der Waals surface area (Å²) in [6.07, 6.45) is 7.32. The maximum absolute atomic E-state index is 12.3. The van der Waals surface area contributed by atoms with Gasteiger partial charge in [-0.25, -0.2) is 0 Å². The van der Waals surface area contributed by atoms with E-state index in [0.717, 1.165) is 32.4 Å². The molecule has 102 valence electrons. The number of likely N-dealkylation sites (N-methyl/N-ethyl adjacent to an activating group) is 1. The molecule has 0 saturated carbocycles. The molecule has 0 radical (unpaired) electrons. The smallest absolute Gasteiger partial charge is 0.240 e. The van der Waals surface area contributed by atoms with E-state index >= 15 is 0 Å². The number of rotatable bonds is 4. The van der Waals surface area contributed by atoms with Crippen LogP contribution in [0.1, 0.15) is 39.0 Å². The van der Waals surface area contributed by atoms with Crippen molar-refractivity contribution in [3.05, 3.63) is 11.8 Å². The standard InChI is InChI=1S/C14H24N2O2/c1-2-16(12-6-4-3-5-7-12)14(18)11-15-9-8-13(17)10-15/h6,13,17H,2-5,7-11H2,1H3. The van der Waals surface area contributed by atoms with Crippen molar-refractivity contribution in [1.82, 2.24) is 9.80 Å². The van der Waals surface area contributed by atoms with Gasteiger partial charge in [0.1, 0.15) is 0 Å². The lowest BCUT2D eigenvalue weighted by molar-refractivity contribution is -0.130. The molecule has 1 fully saturated rings. The number of aliphatic hydroxyl groups is 1. The molecular formula is C14H24N2O2. The highest BCUT2D eigenvalue weighted by Gasteiger charge is 2.25. The predicted molar refractivity (Wildman–Crippen MR) is 71.0 cm³/mol. The van der Waals surface area contributed by atoms with E-state index in [1.807, 2.05) is 11.8 Å². The van der Waals surface area contributed by atoms with Gasteiger partial charge in [0, 0.05) is 25.3 Å². The van der Waals surface area contributed by atoms with Crippen molar-refractivity contribution in [3.63, 3.8) is 0 Å². The summed E-state index contributed by atoms with van der Waals surface area (Å²) in [6, 6.07) is 0. The molecule has 2 rings (SSSR count). The summed E-state index contributed by atoms with van der Waals surface area (Å²) < 4.78 is 0. The van der Waals surface area contributed by atoms with Crippen LogP contribution < -0.4 is 0 Å². The van der Waals surface area contributed by atoms with Crippen molar-refractivity contribution in [2.24, 2.45) is 0 Å². The Morgan fingerprint density at radius 3 is 2.94 bits per heavy atom. The number of nitrogens with zero attached hydrogens (tertiary/aromatic N) is 2. The fourth-order valence-corrected chi connectivity index (χ4v) is 2.84. The maximum atomic E-state index is 12.3. The predicted octanol–water partition coefficient (Wildman–Crippen LogP) is 1.36. The summed E-state index contributed by atoms with van der Waals surface area (Å²) in [6.45, 7) is 4.71. The largest absolute Gasteiger partial charge is 0.392 e. The van der Waals surface area contributed by atoms with Gasteiger partial charge in [-0.1, -0.05) is 6.08 Å². The summed E-state index contributed by atoms with van der Waals surface area (Å²) in [7, 11) is 0. The number of β-amino-alcohol motifs (C(OH)–C–C–N with tert-alkyl or cyclic N) is 1. The number of hydrogen-bond acceptors (Lipinski definition) is 3. The number of amides is 1. The van der Waals surface area contributed by atoms with Crippen LogP contribution in [-0.4, -0.2) is 53.1 Å². The van der Waals surface area contributed by atoms with Crippen molar-refractivity contribution in [2.45, 2.75) is 45.1 Å². The molecule has 0 aromatic rings. The van der Waals surface area contributed by atoms with E-state index in [1.54, 1.807) is 0 Å². The van der Waals surface area contributed by atoms with Gasteiger partial charge in [0.2, 0.25) is 5.91 Å². The zero-order valence-electron chi connectivity index (χ0n) is 11.3. The molecule has 4 nitrogen and oxygen atoms in total. The molecule has 1 aliphatic carbocycles. The van der Waals surface area contributed by atoms with E-state index in [4.69, 9.17) is 0 Å². The third-order valence-electron chi connectivity index (χ3n) is 3.84. The van der Waals surface area contributed by atoms with E-state index in [1.165, 1.54) is 18.5 Å². The van der Waals surface area contributed by atoms with Crippen LogP contribution in [0.25, 0.3) is 0 Å². The van der Waals surface area contributed by atoms with Crippen LogP contribution in [-0.2, 0) is 4.79 Å². The lowest BCUT2D eigenvalue weighted by Crippen LogP contribution is -2.39. The molecule has 2 aliphatic rings. The summed E-state index contributed by atoms with van der Waals surface area (Å²) in [5, 5.41) is 9.48. The van der Waals surface area contributed by atoms with Gasteiger partial charge in [0.15, 0.2) is 0 Å². The minimum absolute atomic E-state index is 0.180. The Balaban J connectivity index is 1.91. The Bertz CT molecular complexity index is 328. The number of hydrogen-bond donors (Lipinski definition) is 1. The van der Waals surface area contributed by atoms with Gasteiger partial charge in [-0.15, -0.1) is 0 Å². The van der Waals surface area contributed by atoms with Crippen molar-refractivity contribution < 1.29 is 9.90 Å². The van der Waals surface area contributed by atoms with Crippen LogP contribution in [0.5, 0.6) is 0 Å². The summed E-state index contributed by atoms with van der Waals surface area (Å²) in [4.78, 5) is 16.3. The highest BCUT2D eigenvalue weighted by atomic mass is 16.3. The van der Waals surface area contributed by atoms with Crippen LogP contribution in [0.3, 0.4) is 0 Å². The topological polar surface area (TPSA) is 43.8 Å². The second-order valence-electron chi connectivity index (χ2n) is 5.26. The van der Waals surface area contributed by atoms with Gasteiger partial charge in [0.25, 0.3) is 0 Å². The SMILES string of the molecule is CCN(C(=O)CN1CCC(O)C1)C1=CCCCC1. The molecule has 1 aliphatic heterocycles. The molecule has 1 atom stereocenters. The first-order valence-corrected chi connectivity index (χ1v) is 7.10. The molecule has 4 heteroatoms. The number of carbonyl (C=O) groups is 1. The van der Waals surface area contributed by atoms with E-state index in [-0.39, 0.29) is 12.0 Å². The zero-order valence-corrected chi connectivity index (χ0v) is 11.3. The van der Waals surface area contributed by atoms with Gasteiger partial charge in [0.05, 0.1) is 12.6 Å². The molecule has 0 spiro atoms. The van der Waals surface area contributed by atoms with Crippen molar-refractivity contribution >= 4 is 5.91 Å². The Hall–Kier alpha value is -0.870. The molecule has 0 aromatic heterocycles. The monoisotopic (exact) mass is 252 g/mol. The summed E-state index contributed by atoms with van der Waals surface area (Å²) >= 11 is 0. The lowest BCUT2D eigenvalue weighted by atomic mass is 10.0. The molecule has 0 bridgehead atoms. The third kappa shape index (κ3) is 3.33. The number of carbonyl (C=O) groups excluding carboxylic acids is 1. The van der Waals surface area contributed by atoms with Crippen molar-refractivity contribution in [3.8, 4) is 0 Å². The van der Waals surface area contributed by atoms with Crippen LogP contribution in [0.4, 0.5) is 0 Å². The van der Waals surface area contributed by atoms with Crippen LogP contribution in [0.2, 0.25) is 0 Å². The molecule has 1 unspecified atom stereocenters. The van der Waals surface area contributed by atoms with Gasteiger partial charge in [-0.2, -0.15) is 0 Å². The average Bonchev–Trinajstić information content (AvgIpc) is 2.77. The van der Waals surface area contributed by atoms with E-state index < -0.39 is 0 Å². The molecule has 18 heavy (non-hydrogen) atoms. The second kappa shape index (κ2) is 6.34. The maximum Gasteiger partial charge on any atom is 0.240 e. The molecule has 1 N–H and O–H groups in total. The number of allylic oxidation sites excluding steroid dienone is 2. The normalized spacial score (nSPS) is 25.0. The van der Waals surface area contributed by atoms with Gasteiger partial charge >= 0.3 is 0 Å². The van der Waals surface area contributed by atoms with Gasteiger partial charge in [-0.3, -0.25) is 9.69 Å². The van der Waals surface area contributed by atoms with E-state index in [9.17, 15) is 9.90 Å². The van der Waals surface area contributed by atoms with E-state index in [0.29, 0.717) is 13.1 Å². The van der Waals surface area contributed by atoms with Crippen molar-refractivity contribution in [1.29, 1.82) is 0 Å². The average molecular weight is 252 g/mol. The zero-order chi connectivity index (χ0) is 13.0. The van der Waals surface area contributed by atoms with Crippen LogP contribution >= 0.6 is 0 Å². The lowest BCUT2D eigenvalue weighted by Gasteiger charge is -2.28. The number of aliphatic hydroxyl groups excluding tert-OH is 1. The van der Waals surface area contributed by atoms with Crippen LogP contribution in [0, 0.1) is 0 Å². The minimum Gasteiger partial charge on any atom is -0.392 e. The Morgan fingerprint density at radius 2 is 2.39 bits per heavy atom. The molecular weight excluding hydrogens is 228 g/mol. The Kier molecular flexibility index (Phi) is 4.78. The first kappa shape index (κ1) is 13.6. The Morgan fingerprint density at radius 1 is 1.56 bits per heavy atom. The molecule has 1 saturated heterocycles. The fourth-order valence-electron chi connectivity index (χ4n) is 2.84. The summed E-state index contributed by atoms with van der Waals surface area (Å²) in [5.41, 5.74) is 1.20. The minimum atomic E-state index is -0.248. The first-order valence-electron chi connectivity index (χ1n) is 7.10. The van der Waals surface area contributed by atoms with Gasteiger partial charge in [-0.05, 0) is 39.0 Å². The van der Waals surface area contributed by atoms with Crippen LogP contribution in [0.15, 0.2) is 11.8 Å². The quantitative estimate of drug-likeness (QED) is 0.821. The molecule has 0 aromatic carbocycles. The highest BCUT2D eigenvalue weighted by Crippen LogP contribution is 2.21. The first-order chi connectivity index (χ1) is 8.70. The second-order valence-corrected chi connectivity index (χ2v) is 5.26. The molecule has 1 amide bonds. The van der Waals surface area contributed by atoms with Crippen molar-refractivity contribution in [2.75, 3.05) is 26.2 Å². The summed E-state index contributed by atoms with van der Waals surface area (Å²) in [5.74, 6) is 0.180. The fraction of sp³-hybridized carbons (Fsp3) is 0.786. The Labute approximate surface area is 109 Å². The van der Waals surface area contributed by atoms with E-state index in [2.05, 4.69) is 11.0 Å². The highest BCUT2D eigenvalue weighted by molar-refractivity contribution is 5.80. The number of likely N-dealkylation sites (tertiary alicyclic amines) is 1. The molecule has 1 heterocycles.